The van der Waals surface area contributed by atoms with Crippen LogP contribution in [0.4, 0.5) is 0 Å². The zero-order valence-corrected chi connectivity index (χ0v) is 16.2. The molecule has 3 heterocycles. The number of ether oxygens (including phenoxy) is 1. The Morgan fingerprint density at radius 2 is 1.77 bits per heavy atom. The van der Waals surface area contributed by atoms with Crippen LogP contribution in [0.2, 0.25) is 0 Å². The van der Waals surface area contributed by atoms with Crippen LogP contribution in [0, 0.1) is 0 Å². The van der Waals surface area contributed by atoms with Crippen LogP contribution in [0.15, 0.2) is 42.7 Å². The van der Waals surface area contributed by atoms with Crippen molar-refractivity contribution in [2.24, 2.45) is 0 Å². The van der Waals surface area contributed by atoms with Crippen LogP contribution < -0.4 is 0 Å². The van der Waals surface area contributed by atoms with Crippen molar-refractivity contribution >= 4 is 39.7 Å². The first-order chi connectivity index (χ1) is 14.6. The third kappa shape index (κ3) is 2.61. The number of amides is 2. The van der Waals surface area contributed by atoms with Gasteiger partial charge < -0.3 is 14.7 Å². The number of benzene rings is 2. The highest BCUT2D eigenvalue weighted by Gasteiger charge is 2.35. The van der Waals surface area contributed by atoms with E-state index in [-0.39, 0.29) is 25.0 Å². The number of aromatic amines is 2. The van der Waals surface area contributed by atoms with Gasteiger partial charge in [-0.3, -0.25) is 14.5 Å². The molecule has 0 saturated heterocycles. The van der Waals surface area contributed by atoms with Gasteiger partial charge in [-0.1, -0.05) is 12.1 Å². The summed E-state index contributed by atoms with van der Waals surface area (Å²) in [7, 11) is 0. The monoisotopic (exact) mass is 402 g/mol. The van der Waals surface area contributed by atoms with E-state index < -0.39 is 5.97 Å². The van der Waals surface area contributed by atoms with Crippen LogP contribution in [-0.4, -0.2) is 50.8 Å². The number of rotatable bonds is 5. The van der Waals surface area contributed by atoms with Gasteiger partial charge in [0.25, 0.3) is 11.8 Å². The zero-order chi connectivity index (χ0) is 20.8. The van der Waals surface area contributed by atoms with Crippen molar-refractivity contribution in [3.63, 3.8) is 0 Å². The molecule has 0 saturated carbocycles. The molecule has 8 nitrogen and oxygen atoms in total. The first kappa shape index (κ1) is 18.1. The maximum Gasteiger partial charge on any atom is 0.355 e. The van der Waals surface area contributed by atoms with Gasteiger partial charge in [-0.25, -0.2) is 9.78 Å². The maximum absolute atomic E-state index is 12.7. The number of esters is 1. The highest BCUT2D eigenvalue weighted by Crippen LogP contribution is 2.31. The number of nitrogens with one attached hydrogen (secondary N) is 2. The Kier molecular flexibility index (Phi) is 4.13. The van der Waals surface area contributed by atoms with Crippen molar-refractivity contribution in [3.8, 4) is 0 Å². The quantitative estimate of drug-likeness (QED) is 0.394. The Balaban J connectivity index is 1.56. The molecular weight excluding hydrogens is 384 g/mol. The van der Waals surface area contributed by atoms with E-state index in [1.54, 1.807) is 37.5 Å². The number of fused-ring (bicyclic) bond motifs is 4. The fourth-order valence-electron chi connectivity index (χ4n) is 4.05. The van der Waals surface area contributed by atoms with Crippen molar-refractivity contribution in [1.82, 2.24) is 19.9 Å². The molecule has 0 radical (unpaired) electrons. The molecule has 2 N–H and O–H groups in total. The second-order valence-corrected chi connectivity index (χ2v) is 7.04. The van der Waals surface area contributed by atoms with Crippen molar-refractivity contribution < 1.29 is 19.1 Å². The van der Waals surface area contributed by atoms with Crippen LogP contribution in [0.5, 0.6) is 0 Å². The van der Waals surface area contributed by atoms with Gasteiger partial charge in [-0.15, -0.1) is 0 Å². The maximum atomic E-state index is 12.7. The lowest BCUT2D eigenvalue weighted by Gasteiger charge is -2.14. The smallest absolute Gasteiger partial charge is 0.355 e. The first-order valence-corrected chi connectivity index (χ1v) is 9.69. The summed E-state index contributed by atoms with van der Waals surface area (Å²) in [6.07, 6.45) is 1.89. The molecule has 5 rings (SSSR count). The minimum Gasteiger partial charge on any atom is -0.461 e. The average Bonchev–Trinajstić information content (AvgIpc) is 3.43. The van der Waals surface area contributed by atoms with Gasteiger partial charge >= 0.3 is 5.97 Å². The number of hydrogen-bond donors (Lipinski definition) is 2. The summed E-state index contributed by atoms with van der Waals surface area (Å²) in [6, 6.07) is 10.5. The fraction of sp³-hybridized carbons (Fsp3) is 0.182. The molecule has 0 fully saturated rings. The molecule has 0 unspecified atom stereocenters. The van der Waals surface area contributed by atoms with E-state index in [1.165, 1.54) is 4.90 Å². The number of hydrogen-bond acceptors (Lipinski definition) is 5. The van der Waals surface area contributed by atoms with E-state index in [1.807, 2.05) is 12.1 Å². The molecule has 150 valence electrons. The highest BCUT2D eigenvalue weighted by atomic mass is 16.5. The number of carbonyl (C=O) groups excluding carboxylic acids is 3. The van der Waals surface area contributed by atoms with Crippen LogP contribution >= 0.6 is 0 Å². The molecule has 2 aromatic heterocycles. The molecule has 2 aromatic carbocycles. The second kappa shape index (κ2) is 6.84. The Morgan fingerprint density at radius 1 is 1.07 bits per heavy atom. The topological polar surface area (TPSA) is 108 Å². The normalized spacial score (nSPS) is 13.4. The van der Waals surface area contributed by atoms with Crippen molar-refractivity contribution in [1.29, 1.82) is 0 Å². The standard InChI is InChI=1S/C22H18N4O4/c1-2-30-22(29)18-14(17-15(25-18)7-8-16-19(17)24-11-23-16)9-10-26-20(27)12-5-3-4-6-13(12)21(26)28/h3-8,11,25H,2,9-10H2,1H3,(H,23,24). The van der Waals surface area contributed by atoms with Crippen LogP contribution in [-0.2, 0) is 11.2 Å². The summed E-state index contributed by atoms with van der Waals surface area (Å²) in [5.74, 6) is -1.12. The van der Waals surface area contributed by atoms with Crippen LogP contribution in [0.1, 0.15) is 43.7 Å². The molecule has 2 amide bonds. The van der Waals surface area contributed by atoms with Gasteiger partial charge in [-0.05, 0) is 43.2 Å². The van der Waals surface area contributed by atoms with Gasteiger partial charge in [-0.2, -0.15) is 0 Å². The molecule has 0 atom stereocenters. The predicted molar refractivity (Wildman–Crippen MR) is 109 cm³/mol. The molecule has 0 bridgehead atoms. The van der Waals surface area contributed by atoms with E-state index in [0.717, 1.165) is 21.9 Å². The minimum absolute atomic E-state index is 0.145. The zero-order valence-electron chi connectivity index (χ0n) is 16.2. The Labute approximate surface area is 170 Å². The highest BCUT2D eigenvalue weighted by molar-refractivity contribution is 6.21. The van der Waals surface area contributed by atoms with E-state index in [2.05, 4.69) is 15.0 Å². The number of imidazole rings is 1. The van der Waals surface area contributed by atoms with E-state index in [9.17, 15) is 14.4 Å². The Hall–Kier alpha value is -3.94. The van der Waals surface area contributed by atoms with Crippen molar-refractivity contribution in [3.05, 3.63) is 65.1 Å². The number of carbonyl (C=O) groups is 3. The molecule has 1 aliphatic rings. The summed E-state index contributed by atoms with van der Waals surface area (Å²) in [4.78, 5) is 49.8. The predicted octanol–water partition coefficient (Wildman–Crippen LogP) is 3.06. The van der Waals surface area contributed by atoms with Gasteiger partial charge in [0.15, 0.2) is 0 Å². The SMILES string of the molecule is CCOC(=O)c1[nH]c2ccc3[nH]cnc3c2c1CCN1C(=O)c2ccccc2C1=O. The van der Waals surface area contributed by atoms with Crippen LogP contribution in [0.3, 0.4) is 0 Å². The fourth-order valence-corrected chi connectivity index (χ4v) is 4.05. The molecular formula is C22H18N4O4. The average molecular weight is 402 g/mol. The van der Waals surface area contributed by atoms with E-state index in [4.69, 9.17) is 4.74 Å². The molecule has 1 aliphatic heterocycles. The van der Waals surface area contributed by atoms with Gasteiger partial charge in [0.05, 0.1) is 35.1 Å². The molecule has 8 heteroatoms. The van der Waals surface area contributed by atoms with Gasteiger partial charge in [0.2, 0.25) is 0 Å². The van der Waals surface area contributed by atoms with Crippen molar-refractivity contribution in [2.45, 2.75) is 13.3 Å². The van der Waals surface area contributed by atoms with Gasteiger partial charge in [0.1, 0.15) is 5.69 Å². The molecule has 0 aliphatic carbocycles. The van der Waals surface area contributed by atoms with Crippen LogP contribution in [0.25, 0.3) is 21.9 Å². The summed E-state index contributed by atoms with van der Waals surface area (Å²) in [5.41, 5.74) is 4.10. The first-order valence-electron chi connectivity index (χ1n) is 9.69. The lowest BCUT2D eigenvalue weighted by Crippen LogP contribution is -2.32. The summed E-state index contributed by atoms with van der Waals surface area (Å²) in [6.45, 7) is 2.13. The van der Waals surface area contributed by atoms with E-state index in [0.29, 0.717) is 28.8 Å². The number of imide groups is 1. The van der Waals surface area contributed by atoms with E-state index >= 15 is 0 Å². The largest absolute Gasteiger partial charge is 0.461 e. The Morgan fingerprint density at radius 3 is 2.47 bits per heavy atom. The Bertz CT molecular complexity index is 1300. The summed E-state index contributed by atoms with van der Waals surface area (Å²) >= 11 is 0. The third-order valence-corrected chi connectivity index (χ3v) is 5.40. The van der Waals surface area contributed by atoms with Crippen molar-refractivity contribution in [2.75, 3.05) is 13.2 Å². The minimum atomic E-state index is -0.477. The second-order valence-electron chi connectivity index (χ2n) is 7.04. The number of aromatic nitrogens is 3. The lowest BCUT2D eigenvalue weighted by molar-refractivity contribution is 0.0519. The van der Waals surface area contributed by atoms with Gasteiger partial charge in [0, 0.05) is 17.4 Å². The molecule has 0 spiro atoms. The molecule has 4 aromatic rings. The number of H-pyrrole nitrogens is 2. The molecule has 30 heavy (non-hydrogen) atoms. The lowest BCUT2D eigenvalue weighted by atomic mass is 10.1. The number of nitrogens with zero attached hydrogens (tertiary/aromatic N) is 2. The third-order valence-electron chi connectivity index (χ3n) is 5.40. The summed E-state index contributed by atoms with van der Waals surface area (Å²) in [5, 5.41) is 0.786. The summed E-state index contributed by atoms with van der Waals surface area (Å²) < 4.78 is 5.21.